The second kappa shape index (κ2) is 5.23. The van der Waals surface area contributed by atoms with Gasteiger partial charge in [0, 0.05) is 5.02 Å². The molecule has 1 aromatic carbocycles. The third kappa shape index (κ3) is 2.14. The maximum atomic E-state index is 10.4. The fraction of sp³-hybridized carbons (Fsp3) is 0.647. The molecule has 0 radical (unpaired) electrons. The van der Waals surface area contributed by atoms with Gasteiger partial charge in [-0.15, -0.1) is 0 Å². The summed E-state index contributed by atoms with van der Waals surface area (Å²) in [6.07, 6.45) is 6.36. The lowest BCUT2D eigenvalue weighted by Crippen LogP contribution is -2.39. The molecular formula is C17H23ClO2. The van der Waals surface area contributed by atoms with E-state index in [1.807, 2.05) is 6.07 Å². The van der Waals surface area contributed by atoms with Gasteiger partial charge in [0.1, 0.15) is 5.75 Å². The maximum absolute atomic E-state index is 10.4. The summed E-state index contributed by atoms with van der Waals surface area (Å²) < 4.78 is 0. The van der Waals surface area contributed by atoms with Crippen LogP contribution >= 0.6 is 11.6 Å². The Kier molecular flexibility index (Phi) is 3.72. The van der Waals surface area contributed by atoms with Crippen LogP contribution in [0.15, 0.2) is 18.2 Å². The third-order valence-electron chi connectivity index (χ3n) is 5.87. The number of hydrogen-bond donors (Lipinski definition) is 2. The summed E-state index contributed by atoms with van der Waals surface area (Å²) in [7, 11) is 0. The SMILES string of the molecule is CC[C@]12CC[C@H](c3ccc(O)cc3Cl)CC1CC[C@@H]2O. The molecule has 2 aliphatic carbocycles. The highest BCUT2D eigenvalue weighted by molar-refractivity contribution is 6.31. The van der Waals surface area contributed by atoms with E-state index in [0.29, 0.717) is 16.9 Å². The van der Waals surface area contributed by atoms with Gasteiger partial charge in [-0.3, -0.25) is 0 Å². The molecule has 0 amide bonds. The second-order valence-corrected chi connectivity index (χ2v) is 6.96. The monoisotopic (exact) mass is 294 g/mol. The van der Waals surface area contributed by atoms with Crippen molar-refractivity contribution >= 4 is 11.6 Å². The standard InChI is InChI=1S/C17H23ClO2/c1-2-17-8-7-11(9-12(17)3-6-16(17)20)14-5-4-13(19)10-15(14)18/h4-5,10-12,16,19-20H,2-3,6-9H2,1H3/t11-,12?,16-,17-/m0/s1. The molecule has 110 valence electrons. The van der Waals surface area contributed by atoms with Crippen LogP contribution < -0.4 is 0 Å². The molecule has 0 heterocycles. The molecule has 0 aliphatic heterocycles. The van der Waals surface area contributed by atoms with E-state index in [9.17, 15) is 10.2 Å². The predicted molar refractivity (Wildman–Crippen MR) is 81.2 cm³/mol. The van der Waals surface area contributed by atoms with Crippen molar-refractivity contribution < 1.29 is 10.2 Å². The van der Waals surface area contributed by atoms with E-state index in [2.05, 4.69) is 6.92 Å². The zero-order valence-electron chi connectivity index (χ0n) is 12.0. The number of phenols is 1. The molecule has 2 nitrogen and oxygen atoms in total. The Hall–Kier alpha value is -0.730. The van der Waals surface area contributed by atoms with Gasteiger partial charge < -0.3 is 10.2 Å². The molecule has 2 fully saturated rings. The molecule has 1 aromatic rings. The number of hydrogen-bond acceptors (Lipinski definition) is 2. The third-order valence-corrected chi connectivity index (χ3v) is 6.20. The Balaban J connectivity index is 1.83. The number of halogens is 1. The summed E-state index contributed by atoms with van der Waals surface area (Å²) in [5, 5.41) is 20.5. The van der Waals surface area contributed by atoms with Gasteiger partial charge in [0.2, 0.25) is 0 Å². The van der Waals surface area contributed by atoms with Gasteiger partial charge in [-0.1, -0.05) is 24.6 Å². The smallest absolute Gasteiger partial charge is 0.117 e. The quantitative estimate of drug-likeness (QED) is 0.844. The highest BCUT2D eigenvalue weighted by Gasteiger charge is 2.51. The molecule has 20 heavy (non-hydrogen) atoms. The largest absolute Gasteiger partial charge is 0.508 e. The van der Waals surface area contributed by atoms with E-state index in [4.69, 9.17) is 11.6 Å². The van der Waals surface area contributed by atoms with Crippen LogP contribution in [0.25, 0.3) is 0 Å². The van der Waals surface area contributed by atoms with Crippen molar-refractivity contribution in [1.29, 1.82) is 0 Å². The highest BCUT2D eigenvalue weighted by atomic mass is 35.5. The zero-order valence-corrected chi connectivity index (χ0v) is 12.7. The number of benzene rings is 1. The first-order valence-corrected chi connectivity index (χ1v) is 8.11. The molecule has 2 saturated carbocycles. The molecule has 1 unspecified atom stereocenters. The van der Waals surface area contributed by atoms with Crippen LogP contribution in [0.5, 0.6) is 5.75 Å². The Morgan fingerprint density at radius 2 is 2.10 bits per heavy atom. The highest BCUT2D eigenvalue weighted by Crippen LogP contribution is 2.57. The van der Waals surface area contributed by atoms with Crippen molar-refractivity contribution in [3.63, 3.8) is 0 Å². The molecule has 3 rings (SSSR count). The summed E-state index contributed by atoms with van der Waals surface area (Å²) in [6.45, 7) is 2.22. The van der Waals surface area contributed by atoms with Crippen LogP contribution in [0.4, 0.5) is 0 Å². The number of fused-ring (bicyclic) bond motifs is 1. The van der Waals surface area contributed by atoms with Gasteiger partial charge in [0.15, 0.2) is 0 Å². The molecule has 2 aliphatic rings. The first-order chi connectivity index (χ1) is 9.56. The van der Waals surface area contributed by atoms with Crippen LogP contribution in [0.3, 0.4) is 0 Å². The van der Waals surface area contributed by atoms with Crippen molar-refractivity contribution in [2.45, 2.75) is 57.5 Å². The average Bonchev–Trinajstić information content (AvgIpc) is 2.76. The Morgan fingerprint density at radius 1 is 1.30 bits per heavy atom. The van der Waals surface area contributed by atoms with E-state index >= 15 is 0 Å². The van der Waals surface area contributed by atoms with Crippen molar-refractivity contribution in [1.82, 2.24) is 0 Å². The van der Waals surface area contributed by atoms with Crippen molar-refractivity contribution in [3.8, 4) is 5.75 Å². The van der Waals surface area contributed by atoms with E-state index in [0.717, 1.165) is 44.1 Å². The van der Waals surface area contributed by atoms with Gasteiger partial charge >= 0.3 is 0 Å². The van der Waals surface area contributed by atoms with Gasteiger partial charge in [-0.25, -0.2) is 0 Å². The van der Waals surface area contributed by atoms with Crippen LogP contribution in [0, 0.1) is 11.3 Å². The van der Waals surface area contributed by atoms with Crippen LogP contribution in [-0.2, 0) is 0 Å². The van der Waals surface area contributed by atoms with Gasteiger partial charge in [-0.05, 0) is 73.5 Å². The normalized spacial score (nSPS) is 36.9. The van der Waals surface area contributed by atoms with E-state index < -0.39 is 0 Å². The van der Waals surface area contributed by atoms with Gasteiger partial charge in [0.25, 0.3) is 0 Å². The first kappa shape index (κ1) is 14.2. The van der Waals surface area contributed by atoms with E-state index in [1.165, 1.54) is 0 Å². The minimum atomic E-state index is -0.117. The van der Waals surface area contributed by atoms with Crippen molar-refractivity contribution in [3.05, 3.63) is 28.8 Å². The summed E-state index contributed by atoms with van der Waals surface area (Å²) in [5.74, 6) is 1.32. The van der Waals surface area contributed by atoms with E-state index in [-0.39, 0.29) is 17.3 Å². The molecular weight excluding hydrogens is 272 g/mol. The van der Waals surface area contributed by atoms with Gasteiger partial charge in [-0.2, -0.15) is 0 Å². The Morgan fingerprint density at radius 3 is 2.80 bits per heavy atom. The fourth-order valence-electron chi connectivity index (χ4n) is 4.66. The van der Waals surface area contributed by atoms with Crippen LogP contribution in [0.1, 0.15) is 56.9 Å². The topological polar surface area (TPSA) is 40.5 Å². The summed E-state index contributed by atoms with van der Waals surface area (Å²) in [5.41, 5.74) is 1.32. The lowest BCUT2D eigenvalue weighted by molar-refractivity contribution is -0.00966. The lowest BCUT2D eigenvalue weighted by Gasteiger charge is -2.44. The first-order valence-electron chi connectivity index (χ1n) is 7.73. The van der Waals surface area contributed by atoms with Crippen LogP contribution in [-0.4, -0.2) is 16.3 Å². The molecule has 4 atom stereocenters. The molecule has 2 N–H and O–H groups in total. The second-order valence-electron chi connectivity index (χ2n) is 6.55. The molecule has 3 heteroatoms. The number of aliphatic hydroxyl groups excluding tert-OH is 1. The Bertz CT molecular complexity index is 502. The van der Waals surface area contributed by atoms with Gasteiger partial charge in [0.05, 0.1) is 6.10 Å². The predicted octanol–water partition coefficient (Wildman–Crippen LogP) is 4.48. The zero-order chi connectivity index (χ0) is 14.3. The average molecular weight is 295 g/mol. The maximum Gasteiger partial charge on any atom is 0.117 e. The summed E-state index contributed by atoms with van der Waals surface area (Å²) in [4.78, 5) is 0. The number of aliphatic hydroxyl groups is 1. The number of phenolic OH excluding ortho intramolecular Hbond substituents is 1. The molecule has 0 spiro atoms. The Labute approximate surface area is 125 Å². The molecule has 0 bridgehead atoms. The number of aromatic hydroxyl groups is 1. The lowest BCUT2D eigenvalue weighted by atomic mass is 9.62. The van der Waals surface area contributed by atoms with Crippen LogP contribution in [0.2, 0.25) is 5.02 Å². The van der Waals surface area contributed by atoms with Crippen molar-refractivity contribution in [2.75, 3.05) is 0 Å². The summed E-state index contributed by atoms with van der Waals surface area (Å²) in [6, 6.07) is 5.33. The number of rotatable bonds is 2. The summed E-state index contributed by atoms with van der Waals surface area (Å²) >= 11 is 6.29. The minimum Gasteiger partial charge on any atom is -0.508 e. The molecule has 0 aromatic heterocycles. The minimum absolute atomic E-state index is 0.117. The molecule has 0 saturated heterocycles. The van der Waals surface area contributed by atoms with Crippen molar-refractivity contribution in [2.24, 2.45) is 11.3 Å². The van der Waals surface area contributed by atoms with E-state index in [1.54, 1.807) is 12.1 Å². The fourth-order valence-corrected chi connectivity index (χ4v) is 4.99.